The lowest BCUT2D eigenvalue weighted by Crippen LogP contribution is -2.47. The van der Waals surface area contributed by atoms with Crippen molar-refractivity contribution in [3.05, 3.63) is 23.8 Å². The minimum atomic E-state index is -4.45. The highest BCUT2D eigenvalue weighted by Gasteiger charge is 2.37. The monoisotopic (exact) mass is 331 g/mol. The van der Waals surface area contributed by atoms with Gasteiger partial charge >= 0.3 is 6.18 Å². The molecule has 126 valence electrons. The Morgan fingerprint density at radius 3 is 2.57 bits per heavy atom. The predicted molar refractivity (Wildman–Crippen MR) is 73.5 cm³/mol. The van der Waals surface area contributed by atoms with Gasteiger partial charge in [0.25, 0.3) is 5.91 Å². The van der Waals surface area contributed by atoms with Crippen LogP contribution < -0.4 is 9.47 Å². The Labute approximate surface area is 130 Å². The predicted octanol–water partition coefficient (Wildman–Crippen LogP) is 2.60. The van der Waals surface area contributed by atoms with Gasteiger partial charge in [0.2, 0.25) is 6.79 Å². The van der Waals surface area contributed by atoms with Crippen LogP contribution >= 0.6 is 0 Å². The molecule has 0 bridgehead atoms. The fourth-order valence-corrected chi connectivity index (χ4v) is 2.75. The zero-order valence-corrected chi connectivity index (χ0v) is 12.3. The van der Waals surface area contributed by atoms with E-state index in [0.29, 0.717) is 37.6 Å². The number of alkyl halides is 3. The lowest BCUT2D eigenvalue weighted by atomic mass is 10.0. The summed E-state index contributed by atoms with van der Waals surface area (Å²) in [7, 11) is 0. The molecule has 0 spiro atoms. The van der Waals surface area contributed by atoms with E-state index in [2.05, 4.69) is 0 Å². The molecule has 0 N–H and O–H groups in total. The van der Waals surface area contributed by atoms with Crippen molar-refractivity contribution in [2.75, 3.05) is 26.6 Å². The van der Waals surface area contributed by atoms with Gasteiger partial charge in [-0.1, -0.05) is 0 Å². The Bertz CT molecular complexity index is 585. The number of rotatable bonds is 3. The van der Waals surface area contributed by atoms with Crippen LogP contribution in [0.2, 0.25) is 0 Å². The normalized spacial score (nSPS) is 18.0. The molecule has 0 aromatic heterocycles. The maximum absolute atomic E-state index is 12.9. The molecule has 8 heteroatoms. The van der Waals surface area contributed by atoms with E-state index in [1.165, 1.54) is 18.2 Å². The summed E-state index contributed by atoms with van der Waals surface area (Å²) in [5.74, 6) is 0.192. The number of carbonyl (C=O) groups is 1. The Kier molecular flexibility index (Phi) is 4.34. The first-order valence-corrected chi connectivity index (χ1v) is 7.29. The van der Waals surface area contributed by atoms with E-state index in [0.717, 1.165) is 4.90 Å². The number of amides is 1. The van der Waals surface area contributed by atoms with Gasteiger partial charge in [0.15, 0.2) is 11.5 Å². The minimum absolute atomic E-state index is 0.0409. The first-order chi connectivity index (χ1) is 10.9. The third-order valence-electron chi connectivity index (χ3n) is 3.86. The van der Waals surface area contributed by atoms with Crippen LogP contribution in [0.25, 0.3) is 0 Å². The van der Waals surface area contributed by atoms with Crippen LogP contribution in [0.15, 0.2) is 18.2 Å². The van der Waals surface area contributed by atoms with Crippen molar-refractivity contribution in [3.8, 4) is 11.5 Å². The van der Waals surface area contributed by atoms with Crippen molar-refractivity contribution >= 4 is 5.91 Å². The molecule has 1 aromatic rings. The third-order valence-corrected chi connectivity index (χ3v) is 3.86. The van der Waals surface area contributed by atoms with Crippen molar-refractivity contribution in [3.63, 3.8) is 0 Å². The number of nitrogens with zero attached hydrogens (tertiary/aromatic N) is 1. The second-order valence-corrected chi connectivity index (χ2v) is 5.46. The van der Waals surface area contributed by atoms with Crippen molar-refractivity contribution < 1.29 is 32.2 Å². The molecule has 2 aliphatic rings. The molecule has 1 saturated heterocycles. The van der Waals surface area contributed by atoms with Gasteiger partial charge in [0.1, 0.15) is 6.54 Å². The summed E-state index contributed by atoms with van der Waals surface area (Å²) in [5.41, 5.74) is 0.157. The van der Waals surface area contributed by atoms with Crippen molar-refractivity contribution in [2.24, 2.45) is 0 Å². The van der Waals surface area contributed by atoms with Crippen LogP contribution in [-0.2, 0) is 4.74 Å². The Morgan fingerprint density at radius 1 is 1.17 bits per heavy atom. The lowest BCUT2D eigenvalue weighted by molar-refractivity contribution is -0.147. The summed E-state index contributed by atoms with van der Waals surface area (Å²) in [5, 5.41) is 0. The first kappa shape index (κ1) is 15.9. The topological polar surface area (TPSA) is 48.0 Å². The van der Waals surface area contributed by atoms with E-state index in [4.69, 9.17) is 14.2 Å². The largest absolute Gasteiger partial charge is 0.454 e. The van der Waals surface area contributed by atoms with E-state index < -0.39 is 24.7 Å². The number of benzene rings is 1. The summed E-state index contributed by atoms with van der Waals surface area (Å²) in [4.78, 5) is 13.5. The van der Waals surface area contributed by atoms with Gasteiger partial charge in [0.05, 0.1) is 0 Å². The summed E-state index contributed by atoms with van der Waals surface area (Å²) in [6, 6.07) is 3.93. The van der Waals surface area contributed by atoms with Gasteiger partial charge in [-0.15, -0.1) is 0 Å². The maximum atomic E-state index is 12.9. The molecule has 0 unspecified atom stereocenters. The first-order valence-electron chi connectivity index (χ1n) is 7.29. The molecular weight excluding hydrogens is 315 g/mol. The van der Waals surface area contributed by atoms with Crippen LogP contribution in [0.3, 0.4) is 0 Å². The summed E-state index contributed by atoms with van der Waals surface area (Å²) in [6.45, 7) is -0.523. The van der Waals surface area contributed by atoms with Gasteiger partial charge in [-0.25, -0.2) is 0 Å². The van der Waals surface area contributed by atoms with Gasteiger partial charge in [0, 0.05) is 24.8 Å². The highest BCUT2D eigenvalue weighted by Crippen LogP contribution is 2.33. The van der Waals surface area contributed by atoms with E-state index in [-0.39, 0.29) is 12.4 Å². The second-order valence-electron chi connectivity index (χ2n) is 5.46. The number of hydrogen-bond acceptors (Lipinski definition) is 4. The van der Waals surface area contributed by atoms with E-state index in [9.17, 15) is 18.0 Å². The molecule has 2 heterocycles. The highest BCUT2D eigenvalue weighted by molar-refractivity contribution is 5.95. The summed E-state index contributed by atoms with van der Waals surface area (Å²) in [6.07, 6.45) is -3.66. The number of carbonyl (C=O) groups excluding carboxylic acids is 1. The Balaban J connectivity index is 1.84. The maximum Gasteiger partial charge on any atom is 0.406 e. The van der Waals surface area contributed by atoms with Gasteiger partial charge in [-0.05, 0) is 31.0 Å². The molecule has 23 heavy (non-hydrogen) atoms. The molecule has 0 radical (unpaired) electrons. The van der Waals surface area contributed by atoms with E-state index in [1.807, 2.05) is 0 Å². The average Bonchev–Trinajstić information content (AvgIpc) is 2.99. The Morgan fingerprint density at radius 2 is 1.87 bits per heavy atom. The molecule has 0 aliphatic carbocycles. The molecule has 1 aromatic carbocycles. The zero-order valence-electron chi connectivity index (χ0n) is 12.3. The van der Waals surface area contributed by atoms with Gasteiger partial charge < -0.3 is 19.1 Å². The fourth-order valence-electron chi connectivity index (χ4n) is 2.75. The highest BCUT2D eigenvalue weighted by atomic mass is 19.4. The molecular formula is C15H16F3NO4. The summed E-state index contributed by atoms with van der Waals surface area (Å²) >= 11 is 0. The van der Waals surface area contributed by atoms with Gasteiger partial charge in [-0.2, -0.15) is 13.2 Å². The number of halogens is 3. The third kappa shape index (κ3) is 3.69. The summed E-state index contributed by atoms with van der Waals surface area (Å²) < 4.78 is 54.2. The average molecular weight is 331 g/mol. The van der Waals surface area contributed by atoms with Crippen LogP contribution in [0.5, 0.6) is 11.5 Å². The molecule has 0 saturated carbocycles. The van der Waals surface area contributed by atoms with E-state index >= 15 is 0 Å². The lowest BCUT2D eigenvalue weighted by Gasteiger charge is -2.34. The molecule has 3 rings (SSSR count). The molecule has 1 fully saturated rings. The fraction of sp³-hybridized carbons (Fsp3) is 0.533. The van der Waals surface area contributed by atoms with Crippen LogP contribution in [0, 0.1) is 0 Å². The zero-order chi connectivity index (χ0) is 16.4. The molecule has 2 aliphatic heterocycles. The van der Waals surface area contributed by atoms with Crippen LogP contribution in [0.4, 0.5) is 13.2 Å². The molecule has 0 atom stereocenters. The van der Waals surface area contributed by atoms with Crippen molar-refractivity contribution in [1.29, 1.82) is 0 Å². The van der Waals surface area contributed by atoms with Crippen molar-refractivity contribution in [2.45, 2.75) is 25.1 Å². The standard InChI is InChI=1S/C15H16F3NO4/c16-15(17,18)8-19(11-3-5-21-6-4-11)14(20)10-1-2-12-13(7-10)23-9-22-12/h1-2,7,11H,3-6,8-9H2. The van der Waals surface area contributed by atoms with Crippen molar-refractivity contribution in [1.82, 2.24) is 4.90 Å². The number of ether oxygens (including phenoxy) is 3. The molecule has 5 nitrogen and oxygen atoms in total. The number of fused-ring (bicyclic) bond motifs is 1. The van der Waals surface area contributed by atoms with Crippen LogP contribution in [-0.4, -0.2) is 49.6 Å². The Hall–Kier alpha value is -1.96. The quantitative estimate of drug-likeness (QED) is 0.854. The smallest absolute Gasteiger partial charge is 0.406 e. The number of hydrogen-bond donors (Lipinski definition) is 0. The van der Waals surface area contributed by atoms with Crippen LogP contribution in [0.1, 0.15) is 23.2 Å². The van der Waals surface area contributed by atoms with E-state index in [1.54, 1.807) is 0 Å². The molecule has 1 amide bonds. The van der Waals surface area contributed by atoms with Gasteiger partial charge in [-0.3, -0.25) is 4.79 Å². The second kappa shape index (κ2) is 6.27. The SMILES string of the molecule is O=C(c1ccc2c(c1)OCO2)N(CC(F)(F)F)C1CCOCC1. The minimum Gasteiger partial charge on any atom is -0.454 e.